The van der Waals surface area contributed by atoms with Gasteiger partial charge >= 0.3 is 5.97 Å². The molecular weight excluding hydrogens is 326 g/mol. The van der Waals surface area contributed by atoms with Crippen molar-refractivity contribution in [2.75, 3.05) is 6.61 Å². The summed E-state index contributed by atoms with van der Waals surface area (Å²) in [5.74, 6) is -0.751. The van der Waals surface area contributed by atoms with Crippen molar-refractivity contribution in [1.29, 1.82) is 0 Å². The van der Waals surface area contributed by atoms with Gasteiger partial charge in [-0.05, 0) is 50.6 Å². The van der Waals surface area contributed by atoms with Crippen molar-refractivity contribution in [3.63, 3.8) is 0 Å². The van der Waals surface area contributed by atoms with Crippen LogP contribution in [-0.4, -0.2) is 22.9 Å². The molecule has 0 radical (unpaired) electrons. The van der Waals surface area contributed by atoms with Crippen LogP contribution in [0.2, 0.25) is 5.02 Å². The molecule has 0 unspecified atom stereocenters. The topological polar surface area (TPSA) is 48.3 Å². The monoisotopic (exact) mass is 345 g/mol. The fourth-order valence-corrected chi connectivity index (χ4v) is 2.70. The maximum atomic E-state index is 12.2. The summed E-state index contributed by atoms with van der Waals surface area (Å²) in [6, 6.07) is 8.88. The summed E-state index contributed by atoms with van der Waals surface area (Å²) in [5, 5.41) is 0.630. The zero-order chi connectivity index (χ0) is 17.7. The summed E-state index contributed by atoms with van der Waals surface area (Å²) in [4.78, 5) is 24.0. The molecule has 0 amide bonds. The quantitative estimate of drug-likeness (QED) is 0.447. The fraction of sp³-hybridized carbons (Fsp3) is 0.263. The Kier molecular flexibility index (Phi) is 5.99. The van der Waals surface area contributed by atoms with E-state index in [-0.39, 0.29) is 12.4 Å². The predicted octanol–water partition coefficient (Wildman–Crippen LogP) is 4.22. The van der Waals surface area contributed by atoms with Crippen molar-refractivity contribution in [2.24, 2.45) is 0 Å². The number of Topliss-reactive ketones (excluding diaryl/α,β-unsaturated/α-hetero) is 1. The number of rotatable bonds is 6. The molecular formula is C19H20ClNO3. The lowest BCUT2D eigenvalue weighted by Crippen LogP contribution is -2.13. The molecule has 5 heteroatoms. The molecule has 0 saturated carbocycles. The third-order valence-corrected chi connectivity index (χ3v) is 4.07. The van der Waals surface area contributed by atoms with Gasteiger partial charge in [-0.3, -0.25) is 4.79 Å². The summed E-state index contributed by atoms with van der Waals surface area (Å²) in [6.07, 6.45) is 2.91. The fourth-order valence-electron chi connectivity index (χ4n) is 2.57. The molecule has 0 bridgehead atoms. The van der Waals surface area contributed by atoms with Crippen LogP contribution < -0.4 is 0 Å². The second kappa shape index (κ2) is 7.97. The van der Waals surface area contributed by atoms with E-state index in [2.05, 4.69) is 4.57 Å². The van der Waals surface area contributed by atoms with E-state index in [4.69, 9.17) is 16.3 Å². The first-order chi connectivity index (χ1) is 11.4. The van der Waals surface area contributed by atoms with Crippen LogP contribution in [-0.2, 0) is 16.1 Å². The Labute approximate surface area is 146 Å². The van der Waals surface area contributed by atoms with Crippen LogP contribution in [0.25, 0.3) is 6.08 Å². The Morgan fingerprint density at radius 1 is 1.21 bits per heavy atom. The van der Waals surface area contributed by atoms with Gasteiger partial charge in [0, 0.05) is 34.6 Å². The van der Waals surface area contributed by atoms with Crippen molar-refractivity contribution in [1.82, 2.24) is 4.57 Å². The van der Waals surface area contributed by atoms with Crippen LogP contribution in [0.1, 0.15) is 34.2 Å². The Morgan fingerprint density at radius 2 is 1.88 bits per heavy atom. The van der Waals surface area contributed by atoms with Crippen molar-refractivity contribution < 1.29 is 14.3 Å². The maximum Gasteiger partial charge on any atom is 0.331 e. The number of aromatic nitrogens is 1. The molecule has 0 aliphatic heterocycles. The molecule has 0 saturated heterocycles. The van der Waals surface area contributed by atoms with E-state index in [0.29, 0.717) is 10.6 Å². The molecule has 24 heavy (non-hydrogen) atoms. The van der Waals surface area contributed by atoms with Gasteiger partial charge in [0.1, 0.15) is 0 Å². The molecule has 1 aromatic carbocycles. The summed E-state index contributed by atoms with van der Waals surface area (Å²) in [5.41, 5.74) is 3.35. The third kappa shape index (κ3) is 4.36. The van der Waals surface area contributed by atoms with E-state index >= 15 is 0 Å². The summed E-state index contributed by atoms with van der Waals surface area (Å²) in [6.45, 7) is 6.41. The first kappa shape index (κ1) is 18.0. The highest BCUT2D eigenvalue weighted by Gasteiger charge is 2.16. The molecule has 0 aliphatic rings. The predicted molar refractivity (Wildman–Crippen MR) is 95.4 cm³/mol. The molecule has 126 valence electrons. The van der Waals surface area contributed by atoms with Crippen LogP contribution in [0.15, 0.2) is 36.4 Å². The molecule has 1 heterocycles. The van der Waals surface area contributed by atoms with E-state index in [1.165, 1.54) is 6.08 Å². The second-order valence-corrected chi connectivity index (χ2v) is 5.88. The lowest BCUT2D eigenvalue weighted by atomic mass is 10.1. The average molecular weight is 346 g/mol. The zero-order valence-electron chi connectivity index (χ0n) is 14.0. The lowest BCUT2D eigenvalue weighted by molar-refractivity contribution is -0.136. The number of ether oxygens (including phenoxy) is 1. The molecule has 1 aromatic heterocycles. The normalized spacial score (nSPS) is 11.0. The van der Waals surface area contributed by atoms with Gasteiger partial charge in [0.15, 0.2) is 6.61 Å². The first-order valence-electron chi connectivity index (χ1n) is 7.72. The number of esters is 1. The minimum atomic E-state index is -0.553. The Balaban J connectivity index is 1.94. The SMILES string of the molecule is CCn1c(C)cc(C(=O)COC(=O)/C=C/c2ccc(Cl)cc2)c1C. The van der Waals surface area contributed by atoms with Crippen molar-refractivity contribution in [3.05, 3.63) is 63.9 Å². The van der Waals surface area contributed by atoms with Crippen LogP contribution in [0.3, 0.4) is 0 Å². The molecule has 0 N–H and O–H groups in total. The summed E-state index contributed by atoms with van der Waals surface area (Å²) in [7, 11) is 0. The summed E-state index contributed by atoms with van der Waals surface area (Å²) < 4.78 is 7.08. The van der Waals surface area contributed by atoms with Gasteiger partial charge in [0.25, 0.3) is 0 Å². The number of carbonyl (C=O) groups excluding carboxylic acids is 2. The smallest absolute Gasteiger partial charge is 0.331 e. The largest absolute Gasteiger partial charge is 0.454 e. The van der Waals surface area contributed by atoms with Crippen LogP contribution in [0.5, 0.6) is 0 Å². The minimum absolute atomic E-state index is 0.198. The van der Waals surface area contributed by atoms with Gasteiger partial charge in [0.2, 0.25) is 5.78 Å². The van der Waals surface area contributed by atoms with Crippen LogP contribution >= 0.6 is 11.6 Å². The maximum absolute atomic E-state index is 12.2. The highest BCUT2D eigenvalue weighted by atomic mass is 35.5. The van der Waals surface area contributed by atoms with Crippen molar-refractivity contribution >= 4 is 29.4 Å². The number of aryl methyl sites for hydroxylation is 1. The second-order valence-electron chi connectivity index (χ2n) is 5.44. The Bertz CT molecular complexity index is 773. The Hall–Kier alpha value is -2.33. The number of hydrogen-bond donors (Lipinski definition) is 0. The number of carbonyl (C=O) groups is 2. The standard InChI is InChI=1S/C19H20ClNO3/c1-4-21-13(2)11-17(14(21)3)18(22)12-24-19(23)10-7-15-5-8-16(20)9-6-15/h5-11H,4,12H2,1-3H3/b10-7+. The van der Waals surface area contributed by atoms with E-state index < -0.39 is 5.97 Å². The Morgan fingerprint density at radius 3 is 2.46 bits per heavy atom. The van der Waals surface area contributed by atoms with Crippen LogP contribution in [0.4, 0.5) is 0 Å². The van der Waals surface area contributed by atoms with Gasteiger partial charge in [-0.1, -0.05) is 23.7 Å². The lowest BCUT2D eigenvalue weighted by Gasteiger charge is -2.05. The number of halogens is 1. The molecule has 0 fully saturated rings. The molecule has 2 aromatic rings. The van der Waals surface area contributed by atoms with E-state index in [1.54, 1.807) is 30.3 Å². The summed E-state index contributed by atoms with van der Waals surface area (Å²) >= 11 is 5.80. The molecule has 4 nitrogen and oxygen atoms in total. The highest BCUT2D eigenvalue weighted by molar-refractivity contribution is 6.30. The van der Waals surface area contributed by atoms with Gasteiger partial charge < -0.3 is 9.30 Å². The van der Waals surface area contributed by atoms with E-state index in [9.17, 15) is 9.59 Å². The van der Waals surface area contributed by atoms with Crippen LogP contribution in [0, 0.1) is 13.8 Å². The third-order valence-electron chi connectivity index (χ3n) is 3.82. The zero-order valence-corrected chi connectivity index (χ0v) is 14.8. The number of nitrogens with zero attached hydrogens (tertiary/aromatic N) is 1. The first-order valence-corrected chi connectivity index (χ1v) is 8.10. The molecule has 0 spiro atoms. The minimum Gasteiger partial charge on any atom is -0.454 e. The number of hydrogen-bond acceptors (Lipinski definition) is 3. The van der Waals surface area contributed by atoms with Crippen molar-refractivity contribution in [2.45, 2.75) is 27.3 Å². The number of benzene rings is 1. The molecule has 2 rings (SSSR count). The van der Waals surface area contributed by atoms with Gasteiger partial charge in [-0.15, -0.1) is 0 Å². The van der Waals surface area contributed by atoms with E-state index in [1.807, 2.05) is 26.8 Å². The van der Waals surface area contributed by atoms with Gasteiger partial charge in [-0.25, -0.2) is 4.79 Å². The highest BCUT2D eigenvalue weighted by Crippen LogP contribution is 2.16. The number of ketones is 1. The van der Waals surface area contributed by atoms with Crippen molar-refractivity contribution in [3.8, 4) is 0 Å². The molecule has 0 atom stereocenters. The average Bonchev–Trinajstić information content (AvgIpc) is 2.86. The van der Waals surface area contributed by atoms with Gasteiger partial charge in [-0.2, -0.15) is 0 Å². The molecule has 0 aliphatic carbocycles. The van der Waals surface area contributed by atoms with Gasteiger partial charge in [0.05, 0.1) is 0 Å². The van der Waals surface area contributed by atoms with E-state index in [0.717, 1.165) is 23.5 Å².